The summed E-state index contributed by atoms with van der Waals surface area (Å²) < 4.78 is 23.6. The maximum Gasteiger partial charge on any atom is 0.230 e. The van der Waals surface area contributed by atoms with Gasteiger partial charge in [0.2, 0.25) is 5.91 Å². The van der Waals surface area contributed by atoms with Gasteiger partial charge in [0, 0.05) is 24.1 Å². The fourth-order valence-corrected chi connectivity index (χ4v) is 2.92. The van der Waals surface area contributed by atoms with Crippen LogP contribution >= 0.6 is 11.8 Å². The highest BCUT2D eigenvalue weighted by Gasteiger charge is 2.16. The quantitative estimate of drug-likeness (QED) is 0.742. The third kappa shape index (κ3) is 5.25. The summed E-state index contributed by atoms with van der Waals surface area (Å²) in [5.41, 5.74) is 0.883. The Bertz CT molecular complexity index is 664. The number of thioether (sulfide) groups is 1. The van der Waals surface area contributed by atoms with Crippen LogP contribution in [-0.2, 0) is 9.53 Å². The van der Waals surface area contributed by atoms with Gasteiger partial charge in [0.1, 0.15) is 17.7 Å². The van der Waals surface area contributed by atoms with E-state index < -0.39 is 0 Å². The van der Waals surface area contributed by atoms with Gasteiger partial charge in [-0.1, -0.05) is 18.2 Å². The molecule has 2 rings (SSSR count). The van der Waals surface area contributed by atoms with Crippen LogP contribution in [0.25, 0.3) is 0 Å². The molecule has 1 N–H and O–H groups in total. The molecule has 2 aromatic rings. The predicted octanol–water partition coefficient (Wildman–Crippen LogP) is 3.43. The molecule has 4 nitrogen and oxygen atoms in total. The van der Waals surface area contributed by atoms with Crippen molar-refractivity contribution >= 4 is 17.7 Å². The van der Waals surface area contributed by atoms with E-state index in [1.165, 1.54) is 23.9 Å². The number of hydrogen-bond acceptors (Lipinski definition) is 4. The highest BCUT2D eigenvalue weighted by molar-refractivity contribution is 8.00. The second-order valence-electron chi connectivity index (χ2n) is 5.01. The van der Waals surface area contributed by atoms with Crippen LogP contribution in [0.4, 0.5) is 4.39 Å². The van der Waals surface area contributed by atoms with E-state index in [0.717, 1.165) is 16.2 Å². The molecule has 24 heavy (non-hydrogen) atoms. The molecule has 0 aliphatic rings. The van der Waals surface area contributed by atoms with E-state index in [1.54, 1.807) is 26.4 Å². The number of nitrogens with one attached hydrogen (secondary N) is 1. The molecule has 0 radical (unpaired) electrons. The Kier molecular flexibility index (Phi) is 7.08. The number of methoxy groups -OCH3 is 2. The van der Waals surface area contributed by atoms with Gasteiger partial charge in [-0.2, -0.15) is 0 Å². The molecule has 0 aliphatic carbocycles. The Morgan fingerprint density at radius 2 is 1.88 bits per heavy atom. The fraction of sp³-hybridized carbons (Fsp3) is 0.278. The Balaban J connectivity index is 1.86. The maximum atomic E-state index is 12.8. The molecule has 6 heteroatoms. The number of hydrogen-bond donors (Lipinski definition) is 1. The van der Waals surface area contributed by atoms with Crippen molar-refractivity contribution in [3.05, 3.63) is 59.9 Å². The van der Waals surface area contributed by atoms with E-state index in [0.29, 0.717) is 6.54 Å². The summed E-state index contributed by atoms with van der Waals surface area (Å²) in [4.78, 5) is 12.8. The summed E-state index contributed by atoms with van der Waals surface area (Å²) in [5, 5.41) is 2.85. The van der Waals surface area contributed by atoms with Crippen molar-refractivity contribution in [1.29, 1.82) is 0 Å². The lowest BCUT2D eigenvalue weighted by molar-refractivity contribution is -0.119. The first-order valence-corrected chi connectivity index (χ1v) is 8.43. The normalized spacial score (nSPS) is 11.8. The zero-order valence-corrected chi connectivity index (χ0v) is 14.4. The first kappa shape index (κ1) is 18.3. The van der Waals surface area contributed by atoms with Crippen molar-refractivity contribution in [2.45, 2.75) is 11.0 Å². The topological polar surface area (TPSA) is 47.6 Å². The SMILES string of the molecule is COc1ccccc1[C@H](CNC(=O)CSc1ccc(F)cc1)OC. The third-order valence-electron chi connectivity index (χ3n) is 3.44. The van der Waals surface area contributed by atoms with E-state index in [1.807, 2.05) is 24.3 Å². The first-order chi connectivity index (χ1) is 11.6. The maximum absolute atomic E-state index is 12.8. The highest BCUT2D eigenvalue weighted by Crippen LogP contribution is 2.26. The monoisotopic (exact) mass is 349 g/mol. The fourth-order valence-electron chi connectivity index (χ4n) is 2.19. The summed E-state index contributed by atoms with van der Waals surface area (Å²) in [7, 11) is 3.19. The largest absolute Gasteiger partial charge is 0.496 e. The number of carbonyl (C=O) groups excluding carboxylic acids is 1. The number of rotatable bonds is 8. The molecule has 0 bridgehead atoms. The smallest absolute Gasteiger partial charge is 0.230 e. The van der Waals surface area contributed by atoms with Crippen LogP contribution < -0.4 is 10.1 Å². The van der Waals surface area contributed by atoms with Crippen molar-refractivity contribution < 1.29 is 18.7 Å². The molecular weight excluding hydrogens is 329 g/mol. The third-order valence-corrected chi connectivity index (χ3v) is 4.45. The van der Waals surface area contributed by atoms with Crippen LogP contribution in [-0.4, -0.2) is 32.4 Å². The van der Waals surface area contributed by atoms with E-state index in [2.05, 4.69) is 5.32 Å². The van der Waals surface area contributed by atoms with Crippen LogP contribution in [0.5, 0.6) is 5.75 Å². The Morgan fingerprint density at radius 3 is 2.54 bits per heavy atom. The number of para-hydroxylation sites is 1. The highest BCUT2D eigenvalue weighted by atomic mass is 32.2. The van der Waals surface area contributed by atoms with Gasteiger partial charge >= 0.3 is 0 Å². The minimum absolute atomic E-state index is 0.110. The van der Waals surface area contributed by atoms with Crippen LogP contribution in [0.1, 0.15) is 11.7 Å². The van der Waals surface area contributed by atoms with Gasteiger partial charge in [-0.05, 0) is 30.3 Å². The van der Waals surface area contributed by atoms with Gasteiger partial charge in [-0.3, -0.25) is 4.79 Å². The minimum Gasteiger partial charge on any atom is -0.496 e. The molecule has 0 fully saturated rings. The average molecular weight is 349 g/mol. The lowest BCUT2D eigenvalue weighted by Crippen LogP contribution is -2.30. The zero-order chi connectivity index (χ0) is 17.4. The van der Waals surface area contributed by atoms with E-state index in [4.69, 9.17) is 9.47 Å². The van der Waals surface area contributed by atoms with E-state index in [9.17, 15) is 9.18 Å². The molecule has 0 aliphatic heterocycles. The van der Waals surface area contributed by atoms with Crippen molar-refractivity contribution in [2.24, 2.45) is 0 Å². The summed E-state index contributed by atoms with van der Waals surface area (Å²) in [6.45, 7) is 0.347. The number of carbonyl (C=O) groups is 1. The second kappa shape index (κ2) is 9.30. The van der Waals surface area contributed by atoms with E-state index >= 15 is 0 Å². The Labute approximate surface area is 145 Å². The van der Waals surface area contributed by atoms with Crippen LogP contribution in [0.3, 0.4) is 0 Å². The van der Waals surface area contributed by atoms with Gasteiger partial charge in [0.05, 0.1) is 12.9 Å². The lowest BCUT2D eigenvalue weighted by atomic mass is 10.1. The summed E-state index contributed by atoms with van der Waals surface area (Å²) in [5.74, 6) is 0.581. The summed E-state index contributed by atoms with van der Waals surface area (Å²) in [6.07, 6.45) is -0.291. The van der Waals surface area contributed by atoms with Crippen LogP contribution in [0.15, 0.2) is 53.4 Å². The summed E-state index contributed by atoms with van der Waals surface area (Å²) in [6, 6.07) is 13.6. The van der Waals surface area contributed by atoms with Crippen molar-refractivity contribution in [2.75, 3.05) is 26.5 Å². The number of benzene rings is 2. The molecule has 0 saturated carbocycles. The van der Waals surface area contributed by atoms with Crippen molar-refractivity contribution in [1.82, 2.24) is 5.32 Å². The number of ether oxygens (including phenoxy) is 2. The second-order valence-corrected chi connectivity index (χ2v) is 6.06. The van der Waals surface area contributed by atoms with Crippen LogP contribution in [0.2, 0.25) is 0 Å². The predicted molar refractivity (Wildman–Crippen MR) is 92.9 cm³/mol. The van der Waals surface area contributed by atoms with Crippen molar-refractivity contribution in [3.63, 3.8) is 0 Å². The van der Waals surface area contributed by atoms with Gasteiger partial charge in [0.15, 0.2) is 0 Å². The van der Waals surface area contributed by atoms with E-state index in [-0.39, 0.29) is 23.6 Å². The van der Waals surface area contributed by atoms with Crippen LogP contribution in [0, 0.1) is 5.82 Å². The summed E-state index contributed by atoms with van der Waals surface area (Å²) >= 11 is 1.36. The molecule has 0 saturated heterocycles. The zero-order valence-electron chi connectivity index (χ0n) is 13.6. The number of halogens is 1. The molecule has 0 spiro atoms. The molecule has 128 valence electrons. The molecule has 0 aromatic heterocycles. The first-order valence-electron chi connectivity index (χ1n) is 7.44. The minimum atomic E-state index is -0.291. The van der Waals surface area contributed by atoms with Gasteiger partial charge in [-0.15, -0.1) is 11.8 Å². The standard InChI is InChI=1S/C18H20FNO3S/c1-22-16-6-4-3-5-15(16)17(23-2)11-20-18(21)12-24-14-9-7-13(19)8-10-14/h3-10,17H,11-12H2,1-2H3,(H,20,21)/t17-/m0/s1. The molecule has 1 atom stereocenters. The van der Waals surface area contributed by atoms with Gasteiger partial charge in [-0.25, -0.2) is 4.39 Å². The molecule has 0 heterocycles. The number of amides is 1. The lowest BCUT2D eigenvalue weighted by Gasteiger charge is -2.19. The average Bonchev–Trinajstić information content (AvgIpc) is 2.62. The molecule has 0 unspecified atom stereocenters. The molecule has 2 aromatic carbocycles. The molecule has 1 amide bonds. The Hall–Kier alpha value is -2.05. The Morgan fingerprint density at radius 1 is 1.17 bits per heavy atom. The molecular formula is C18H20FNO3S. The van der Waals surface area contributed by atoms with Crippen molar-refractivity contribution in [3.8, 4) is 5.75 Å². The van der Waals surface area contributed by atoms with Gasteiger partial charge in [0.25, 0.3) is 0 Å². The van der Waals surface area contributed by atoms with Gasteiger partial charge < -0.3 is 14.8 Å².